The average Bonchev–Trinajstić information content (AvgIpc) is 2.71. The van der Waals surface area contributed by atoms with Crippen LogP contribution in [0, 0.1) is 0 Å². The Hall–Kier alpha value is -2.54. The van der Waals surface area contributed by atoms with Crippen LogP contribution in [0.4, 0.5) is 5.95 Å². The van der Waals surface area contributed by atoms with E-state index in [9.17, 15) is 4.79 Å². The first-order chi connectivity index (χ1) is 12.8. The third kappa shape index (κ3) is 5.77. The molecule has 3 heterocycles. The Bertz CT molecular complexity index is 658. The molecule has 1 fully saturated rings. The molecule has 138 valence electrons. The van der Waals surface area contributed by atoms with E-state index in [0.29, 0.717) is 6.42 Å². The zero-order chi connectivity index (χ0) is 18.0. The van der Waals surface area contributed by atoms with E-state index in [4.69, 9.17) is 0 Å². The van der Waals surface area contributed by atoms with Crippen LogP contribution in [0.3, 0.4) is 0 Å². The van der Waals surface area contributed by atoms with Crippen LogP contribution in [0.1, 0.15) is 18.4 Å². The lowest BCUT2D eigenvalue weighted by molar-refractivity contribution is -0.121. The van der Waals surface area contributed by atoms with E-state index in [1.54, 1.807) is 18.6 Å². The largest absolute Gasteiger partial charge is 0.356 e. The molecule has 0 saturated carbocycles. The monoisotopic (exact) mass is 354 g/mol. The first-order valence-corrected chi connectivity index (χ1v) is 9.21. The van der Waals surface area contributed by atoms with Crippen molar-refractivity contribution >= 4 is 11.9 Å². The molecule has 0 bridgehead atoms. The number of carbonyl (C=O) groups is 1. The number of hydrogen-bond acceptors (Lipinski definition) is 6. The number of anilines is 1. The third-order valence-corrected chi connectivity index (χ3v) is 4.54. The molecule has 1 aliphatic rings. The van der Waals surface area contributed by atoms with Crippen molar-refractivity contribution in [1.29, 1.82) is 0 Å². The van der Waals surface area contributed by atoms with Gasteiger partial charge in [0.25, 0.3) is 0 Å². The number of nitrogens with one attached hydrogen (secondary N) is 1. The Kier molecular flexibility index (Phi) is 6.89. The molecule has 0 spiro atoms. The molecule has 0 unspecified atom stereocenters. The number of hydrogen-bond donors (Lipinski definition) is 1. The second-order valence-corrected chi connectivity index (χ2v) is 6.44. The van der Waals surface area contributed by atoms with Gasteiger partial charge in [-0.3, -0.25) is 14.7 Å². The molecule has 1 amide bonds. The van der Waals surface area contributed by atoms with E-state index in [1.165, 1.54) is 0 Å². The Morgan fingerprint density at radius 3 is 2.62 bits per heavy atom. The van der Waals surface area contributed by atoms with Gasteiger partial charge in [0.05, 0.1) is 0 Å². The molecule has 7 nitrogen and oxygen atoms in total. The minimum atomic E-state index is 0.111. The van der Waals surface area contributed by atoms with Crippen LogP contribution >= 0.6 is 0 Å². The van der Waals surface area contributed by atoms with Crippen LogP contribution < -0.4 is 10.2 Å². The summed E-state index contributed by atoms with van der Waals surface area (Å²) in [5, 5.41) is 3.01. The summed E-state index contributed by atoms with van der Waals surface area (Å²) in [5.74, 6) is 0.924. The second kappa shape index (κ2) is 9.82. The lowest BCUT2D eigenvalue weighted by atomic mass is 10.1. The number of rotatable bonds is 8. The molecule has 7 heteroatoms. The van der Waals surface area contributed by atoms with Crippen molar-refractivity contribution in [2.75, 3.05) is 44.2 Å². The highest BCUT2D eigenvalue weighted by Crippen LogP contribution is 2.09. The van der Waals surface area contributed by atoms with Gasteiger partial charge in [0.2, 0.25) is 11.9 Å². The van der Waals surface area contributed by atoms with Gasteiger partial charge in [0.15, 0.2) is 0 Å². The van der Waals surface area contributed by atoms with Gasteiger partial charge in [0, 0.05) is 63.9 Å². The standard InChI is InChI=1S/C19H26N6O/c26-18(6-5-17-4-1-7-20-16-17)21-10-3-11-24-12-14-25(15-13-24)19-22-8-2-9-23-19/h1-2,4,7-9,16H,3,5-6,10-15H2,(H,21,26). The highest BCUT2D eigenvalue weighted by atomic mass is 16.1. The maximum absolute atomic E-state index is 11.9. The highest BCUT2D eigenvalue weighted by molar-refractivity contribution is 5.76. The van der Waals surface area contributed by atoms with E-state index in [-0.39, 0.29) is 5.91 Å². The molecule has 3 rings (SSSR count). The molecule has 0 aromatic carbocycles. The number of piperazine rings is 1. The average molecular weight is 354 g/mol. The van der Waals surface area contributed by atoms with Crippen molar-refractivity contribution in [1.82, 2.24) is 25.2 Å². The van der Waals surface area contributed by atoms with Crippen molar-refractivity contribution in [2.24, 2.45) is 0 Å². The van der Waals surface area contributed by atoms with Gasteiger partial charge >= 0.3 is 0 Å². The summed E-state index contributed by atoms with van der Waals surface area (Å²) in [5.41, 5.74) is 1.10. The summed E-state index contributed by atoms with van der Waals surface area (Å²) in [6, 6.07) is 5.74. The van der Waals surface area contributed by atoms with Crippen LogP contribution in [0.25, 0.3) is 0 Å². The molecule has 1 saturated heterocycles. The van der Waals surface area contributed by atoms with Crippen molar-refractivity contribution in [3.8, 4) is 0 Å². The number of aromatic nitrogens is 3. The van der Waals surface area contributed by atoms with Gasteiger partial charge in [-0.25, -0.2) is 9.97 Å². The lowest BCUT2D eigenvalue weighted by Gasteiger charge is -2.34. The normalized spacial score (nSPS) is 15.0. The Morgan fingerprint density at radius 2 is 1.88 bits per heavy atom. The first-order valence-electron chi connectivity index (χ1n) is 9.21. The van der Waals surface area contributed by atoms with Gasteiger partial charge < -0.3 is 10.2 Å². The van der Waals surface area contributed by atoms with E-state index < -0.39 is 0 Å². The molecule has 1 N–H and O–H groups in total. The van der Waals surface area contributed by atoms with Gasteiger partial charge in [-0.2, -0.15) is 0 Å². The minimum Gasteiger partial charge on any atom is -0.356 e. The van der Waals surface area contributed by atoms with Crippen molar-refractivity contribution in [3.63, 3.8) is 0 Å². The summed E-state index contributed by atoms with van der Waals surface area (Å²) in [7, 11) is 0. The molecule has 26 heavy (non-hydrogen) atoms. The van der Waals surface area contributed by atoms with E-state index >= 15 is 0 Å². The van der Waals surface area contributed by atoms with Crippen LogP contribution in [-0.4, -0.2) is 65.0 Å². The Labute approximate surface area is 154 Å². The highest BCUT2D eigenvalue weighted by Gasteiger charge is 2.18. The van der Waals surface area contributed by atoms with E-state index in [2.05, 4.69) is 30.1 Å². The number of nitrogens with zero attached hydrogens (tertiary/aromatic N) is 5. The minimum absolute atomic E-state index is 0.111. The molecule has 0 atom stereocenters. The Morgan fingerprint density at radius 1 is 1.08 bits per heavy atom. The van der Waals surface area contributed by atoms with Crippen LogP contribution in [0.5, 0.6) is 0 Å². The molecule has 2 aromatic heterocycles. The van der Waals surface area contributed by atoms with Gasteiger partial charge in [-0.1, -0.05) is 6.07 Å². The summed E-state index contributed by atoms with van der Waals surface area (Å²) in [4.78, 5) is 29.2. The second-order valence-electron chi connectivity index (χ2n) is 6.44. The summed E-state index contributed by atoms with van der Waals surface area (Å²) in [6.07, 6.45) is 9.35. The summed E-state index contributed by atoms with van der Waals surface area (Å²) >= 11 is 0. The fourth-order valence-electron chi connectivity index (χ4n) is 3.05. The third-order valence-electron chi connectivity index (χ3n) is 4.54. The van der Waals surface area contributed by atoms with Crippen molar-refractivity contribution in [3.05, 3.63) is 48.5 Å². The molecule has 0 aliphatic carbocycles. The van der Waals surface area contributed by atoms with Crippen LogP contribution in [0.2, 0.25) is 0 Å². The van der Waals surface area contributed by atoms with Crippen molar-refractivity contribution < 1.29 is 4.79 Å². The lowest BCUT2D eigenvalue weighted by Crippen LogP contribution is -2.47. The smallest absolute Gasteiger partial charge is 0.225 e. The first kappa shape index (κ1) is 18.3. The fraction of sp³-hybridized carbons (Fsp3) is 0.474. The summed E-state index contributed by atoms with van der Waals surface area (Å²) < 4.78 is 0. The number of pyridine rings is 1. The molecule has 2 aromatic rings. The maximum atomic E-state index is 11.9. The zero-order valence-electron chi connectivity index (χ0n) is 15.0. The van der Waals surface area contributed by atoms with Gasteiger partial charge in [0.1, 0.15) is 0 Å². The summed E-state index contributed by atoms with van der Waals surface area (Å²) in [6.45, 7) is 5.64. The topological polar surface area (TPSA) is 74.2 Å². The number of carbonyl (C=O) groups excluding carboxylic acids is 1. The molecular weight excluding hydrogens is 328 g/mol. The number of aryl methyl sites for hydroxylation is 1. The van der Waals surface area contributed by atoms with Crippen LogP contribution in [0.15, 0.2) is 43.0 Å². The van der Waals surface area contributed by atoms with E-state index in [0.717, 1.165) is 63.6 Å². The van der Waals surface area contributed by atoms with Crippen LogP contribution in [-0.2, 0) is 11.2 Å². The van der Waals surface area contributed by atoms with Crippen molar-refractivity contribution in [2.45, 2.75) is 19.3 Å². The molecular formula is C19H26N6O. The predicted molar refractivity (Wildman–Crippen MR) is 101 cm³/mol. The maximum Gasteiger partial charge on any atom is 0.225 e. The molecule has 1 aliphatic heterocycles. The van der Waals surface area contributed by atoms with Gasteiger partial charge in [-0.05, 0) is 37.1 Å². The fourth-order valence-corrected chi connectivity index (χ4v) is 3.05. The van der Waals surface area contributed by atoms with Gasteiger partial charge in [-0.15, -0.1) is 0 Å². The Balaban J connectivity index is 1.26. The molecule has 0 radical (unpaired) electrons. The SMILES string of the molecule is O=C(CCc1cccnc1)NCCCN1CCN(c2ncccn2)CC1. The zero-order valence-corrected chi connectivity index (χ0v) is 15.0. The predicted octanol–water partition coefficient (Wildman–Crippen LogP) is 1.13. The quantitative estimate of drug-likeness (QED) is 0.717. The number of amides is 1. The van der Waals surface area contributed by atoms with E-state index in [1.807, 2.05) is 24.4 Å².